The van der Waals surface area contributed by atoms with Gasteiger partial charge < -0.3 is 28.6 Å². The van der Waals surface area contributed by atoms with Crippen molar-refractivity contribution >= 4 is 17.9 Å². The number of allylic oxidation sites excluding steroid dienone is 4. The Morgan fingerprint density at radius 1 is 0.492 bits per heavy atom. The van der Waals surface area contributed by atoms with Crippen LogP contribution in [-0.4, -0.2) is 75.5 Å². The lowest BCUT2D eigenvalue weighted by Gasteiger charge is -2.34. The molecule has 0 aliphatic rings. The average Bonchev–Trinajstić information content (AvgIpc) is 3.22. The van der Waals surface area contributed by atoms with E-state index < -0.39 is 18.1 Å². The molecule has 2 unspecified atom stereocenters. The van der Waals surface area contributed by atoms with E-state index in [1.54, 1.807) is 0 Å². The molecular formula is C53H99NO7. The van der Waals surface area contributed by atoms with Gasteiger partial charge in [-0.05, 0) is 38.5 Å². The number of carboxylic acids is 1. The van der Waals surface area contributed by atoms with E-state index >= 15 is 0 Å². The zero-order valence-electron chi connectivity index (χ0n) is 40.8. The molecule has 0 spiro atoms. The third-order valence-electron chi connectivity index (χ3n) is 11.9. The van der Waals surface area contributed by atoms with Gasteiger partial charge in [0.25, 0.3) is 0 Å². The van der Waals surface area contributed by atoms with E-state index in [4.69, 9.17) is 14.2 Å². The molecule has 8 nitrogen and oxygen atoms in total. The maximum absolute atomic E-state index is 12.8. The number of carboxylic acid groups (broad SMARTS) is 1. The van der Waals surface area contributed by atoms with Crippen LogP contribution in [0.1, 0.15) is 245 Å². The van der Waals surface area contributed by atoms with Crippen LogP contribution < -0.4 is 5.11 Å². The first kappa shape index (κ1) is 58.8. The van der Waals surface area contributed by atoms with Crippen molar-refractivity contribution in [2.75, 3.05) is 41.0 Å². The molecule has 0 amide bonds. The van der Waals surface area contributed by atoms with Crippen molar-refractivity contribution in [1.29, 1.82) is 0 Å². The number of aliphatic carboxylic acids is 1. The number of hydrogen-bond donors (Lipinski definition) is 0. The van der Waals surface area contributed by atoms with Gasteiger partial charge >= 0.3 is 11.9 Å². The molecule has 0 bridgehead atoms. The van der Waals surface area contributed by atoms with Gasteiger partial charge in [-0.3, -0.25) is 9.59 Å². The summed E-state index contributed by atoms with van der Waals surface area (Å²) in [5.74, 6) is -1.72. The summed E-state index contributed by atoms with van der Waals surface area (Å²) in [5, 5.41) is 11.7. The smallest absolute Gasteiger partial charge is 0.306 e. The minimum Gasteiger partial charge on any atom is -0.544 e. The van der Waals surface area contributed by atoms with E-state index in [0.29, 0.717) is 12.8 Å². The standard InChI is InChI=1S/C53H99NO7/c1-6-8-10-12-14-16-18-20-22-24-25-26-28-30-32-34-36-38-40-42-44-52(56)61-49(47-59-46-45-50(53(57)58)54(3,4)5)48-60-51(55)43-41-39-37-35-33-31-29-27-23-21-19-17-15-13-11-9-7-2/h16,18,20,22,49-50H,6-15,17,19,21,23-48H2,1-5H3/b18-16+,22-20+. The predicted octanol–water partition coefficient (Wildman–Crippen LogP) is 13.5. The number of hydrogen-bond acceptors (Lipinski definition) is 7. The maximum atomic E-state index is 12.8. The van der Waals surface area contributed by atoms with E-state index in [0.717, 1.165) is 38.5 Å². The molecule has 0 heterocycles. The first-order valence-electron chi connectivity index (χ1n) is 25.9. The molecule has 0 fully saturated rings. The number of likely N-dealkylation sites (N-methyl/N-ethyl adjacent to an activating group) is 1. The van der Waals surface area contributed by atoms with Gasteiger partial charge in [-0.15, -0.1) is 0 Å². The highest BCUT2D eigenvalue weighted by Crippen LogP contribution is 2.16. The Morgan fingerprint density at radius 3 is 1.25 bits per heavy atom. The minimum atomic E-state index is -1.12. The number of carbonyl (C=O) groups is 3. The van der Waals surface area contributed by atoms with Crippen molar-refractivity contribution in [3.63, 3.8) is 0 Å². The third kappa shape index (κ3) is 42.9. The van der Waals surface area contributed by atoms with Crippen molar-refractivity contribution in [2.24, 2.45) is 0 Å². The molecule has 0 radical (unpaired) electrons. The van der Waals surface area contributed by atoms with E-state index in [9.17, 15) is 19.5 Å². The van der Waals surface area contributed by atoms with Gasteiger partial charge in [0.15, 0.2) is 6.10 Å². The molecule has 0 aliphatic heterocycles. The molecule has 2 atom stereocenters. The van der Waals surface area contributed by atoms with Crippen molar-refractivity contribution in [1.82, 2.24) is 0 Å². The number of quaternary nitrogens is 1. The van der Waals surface area contributed by atoms with Gasteiger partial charge in [-0.25, -0.2) is 0 Å². The second kappa shape index (κ2) is 44.4. The van der Waals surface area contributed by atoms with Crippen LogP contribution in [0.15, 0.2) is 24.3 Å². The fraction of sp³-hybridized carbons (Fsp3) is 0.868. The summed E-state index contributed by atoms with van der Waals surface area (Å²) in [6.45, 7) is 4.68. The summed E-state index contributed by atoms with van der Waals surface area (Å²) in [4.78, 5) is 37.0. The predicted molar refractivity (Wildman–Crippen MR) is 254 cm³/mol. The molecule has 0 saturated carbocycles. The van der Waals surface area contributed by atoms with Crippen molar-refractivity contribution in [3.05, 3.63) is 24.3 Å². The number of unbranched alkanes of at least 4 members (excludes halogenated alkanes) is 30. The molecule has 358 valence electrons. The summed E-state index contributed by atoms with van der Waals surface area (Å²) < 4.78 is 17.3. The Morgan fingerprint density at radius 2 is 0.852 bits per heavy atom. The lowest BCUT2D eigenvalue weighted by molar-refractivity contribution is -0.889. The highest BCUT2D eigenvalue weighted by atomic mass is 16.6. The van der Waals surface area contributed by atoms with Gasteiger partial charge in [-0.2, -0.15) is 0 Å². The highest BCUT2D eigenvalue weighted by Gasteiger charge is 2.25. The molecule has 0 aromatic rings. The molecule has 61 heavy (non-hydrogen) atoms. The van der Waals surface area contributed by atoms with Crippen LogP contribution in [0, 0.1) is 0 Å². The molecule has 8 heteroatoms. The molecule has 0 aromatic heterocycles. The van der Waals surface area contributed by atoms with E-state index in [-0.39, 0.29) is 42.7 Å². The Bertz CT molecular complexity index is 1050. The average molecular weight is 862 g/mol. The molecule has 0 saturated heterocycles. The zero-order chi connectivity index (χ0) is 44.9. The molecular weight excluding hydrogens is 763 g/mol. The topological polar surface area (TPSA) is 102 Å². The SMILES string of the molecule is CCCCCC/C=C/C=C/CCCCCCCCCCCCC(=O)OC(COCCC(C(=O)[O-])[N+](C)(C)C)COC(=O)CCCCCCCCCCCCCCCCCCC. The lowest BCUT2D eigenvalue weighted by atomic mass is 10.0. The number of carbonyl (C=O) groups excluding carboxylic acids is 3. The lowest BCUT2D eigenvalue weighted by Crippen LogP contribution is -2.55. The summed E-state index contributed by atoms with van der Waals surface area (Å²) >= 11 is 0. The Balaban J connectivity index is 4.22. The molecule has 0 aliphatic carbocycles. The number of nitrogens with zero attached hydrogens (tertiary/aromatic N) is 1. The second-order valence-electron chi connectivity index (χ2n) is 18.8. The molecule has 0 N–H and O–H groups in total. The second-order valence-corrected chi connectivity index (χ2v) is 18.8. The monoisotopic (exact) mass is 862 g/mol. The fourth-order valence-electron chi connectivity index (χ4n) is 7.83. The largest absolute Gasteiger partial charge is 0.544 e. The van der Waals surface area contributed by atoms with Gasteiger partial charge in [0.1, 0.15) is 12.6 Å². The van der Waals surface area contributed by atoms with Crippen molar-refractivity contribution in [3.8, 4) is 0 Å². The summed E-state index contributed by atoms with van der Waals surface area (Å²) in [5.41, 5.74) is 0. The Kier molecular flexibility index (Phi) is 42.8. The molecule has 0 rings (SSSR count). The number of rotatable bonds is 47. The van der Waals surface area contributed by atoms with Crippen LogP contribution in [-0.2, 0) is 28.6 Å². The van der Waals surface area contributed by atoms with Crippen molar-refractivity contribution in [2.45, 2.75) is 257 Å². The van der Waals surface area contributed by atoms with Crippen LogP contribution in [0.2, 0.25) is 0 Å². The van der Waals surface area contributed by atoms with E-state index in [2.05, 4.69) is 38.2 Å². The van der Waals surface area contributed by atoms with E-state index in [1.165, 1.54) is 173 Å². The minimum absolute atomic E-state index is 0.0440. The zero-order valence-corrected chi connectivity index (χ0v) is 40.8. The van der Waals surface area contributed by atoms with Crippen LogP contribution in [0.4, 0.5) is 0 Å². The summed E-state index contributed by atoms with van der Waals surface area (Å²) in [6, 6.07) is -0.724. The normalized spacial score (nSPS) is 13.0. The van der Waals surface area contributed by atoms with Crippen LogP contribution in [0.25, 0.3) is 0 Å². The first-order chi connectivity index (χ1) is 29.6. The number of esters is 2. The molecule has 0 aromatic carbocycles. The van der Waals surface area contributed by atoms with Crippen LogP contribution in [0.5, 0.6) is 0 Å². The summed E-state index contributed by atoms with van der Waals surface area (Å²) in [6.07, 6.45) is 50.6. The first-order valence-corrected chi connectivity index (χ1v) is 25.9. The van der Waals surface area contributed by atoms with Crippen molar-refractivity contribution < 1.29 is 38.2 Å². The fourth-order valence-corrected chi connectivity index (χ4v) is 7.83. The van der Waals surface area contributed by atoms with Crippen LogP contribution in [0.3, 0.4) is 0 Å². The van der Waals surface area contributed by atoms with E-state index in [1.807, 2.05) is 21.1 Å². The van der Waals surface area contributed by atoms with Crippen LogP contribution >= 0.6 is 0 Å². The summed E-state index contributed by atoms with van der Waals surface area (Å²) in [7, 11) is 5.42. The quantitative estimate of drug-likeness (QED) is 0.0260. The highest BCUT2D eigenvalue weighted by molar-refractivity contribution is 5.70. The van der Waals surface area contributed by atoms with Gasteiger partial charge in [0.2, 0.25) is 0 Å². The van der Waals surface area contributed by atoms with Gasteiger partial charge in [0.05, 0.1) is 40.3 Å². The number of ether oxygens (including phenoxy) is 3. The third-order valence-corrected chi connectivity index (χ3v) is 11.9. The Labute approximate surface area is 377 Å². The maximum Gasteiger partial charge on any atom is 0.306 e. The van der Waals surface area contributed by atoms with Gasteiger partial charge in [0, 0.05) is 19.3 Å². The van der Waals surface area contributed by atoms with Gasteiger partial charge in [-0.1, -0.05) is 212 Å². The Hall–Kier alpha value is -2.19.